The standard InChI is InChI=1S/C14H25NO6/c1-9(2)20-8-11(16)15-10(13(18)19)6-7-12(17)21-14(3,4)5/h9-10H,6-8H2,1-5H3,(H,15,16)(H,18,19)/t10-/m1/s1. The van der Waals surface area contributed by atoms with Gasteiger partial charge in [0, 0.05) is 6.42 Å². The number of esters is 1. The minimum Gasteiger partial charge on any atom is -0.480 e. The van der Waals surface area contributed by atoms with Crippen LogP contribution in [-0.2, 0) is 23.9 Å². The zero-order valence-corrected chi connectivity index (χ0v) is 13.3. The summed E-state index contributed by atoms with van der Waals surface area (Å²) < 4.78 is 10.2. The van der Waals surface area contributed by atoms with E-state index in [4.69, 9.17) is 14.6 Å². The molecule has 0 spiro atoms. The lowest BCUT2D eigenvalue weighted by Gasteiger charge is -2.20. The first-order valence-electron chi connectivity index (χ1n) is 6.87. The molecule has 0 aromatic heterocycles. The van der Waals surface area contributed by atoms with Gasteiger partial charge < -0.3 is 19.9 Å². The summed E-state index contributed by atoms with van der Waals surface area (Å²) in [5.41, 5.74) is -0.621. The Morgan fingerprint density at radius 2 is 1.76 bits per heavy atom. The summed E-state index contributed by atoms with van der Waals surface area (Å²) in [5.74, 6) is -2.22. The van der Waals surface area contributed by atoms with E-state index in [0.29, 0.717) is 0 Å². The van der Waals surface area contributed by atoms with Gasteiger partial charge in [-0.15, -0.1) is 0 Å². The van der Waals surface area contributed by atoms with Crippen LogP contribution in [-0.4, -0.2) is 47.3 Å². The Labute approximate surface area is 125 Å². The quantitative estimate of drug-likeness (QED) is 0.651. The number of hydrogen-bond acceptors (Lipinski definition) is 5. The van der Waals surface area contributed by atoms with E-state index >= 15 is 0 Å². The summed E-state index contributed by atoms with van der Waals surface area (Å²) in [7, 11) is 0. The molecule has 0 unspecified atom stereocenters. The van der Waals surface area contributed by atoms with Crippen LogP contribution in [0.5, 0.6) is 0 Å². The van der Waals surface area contributed by atoms with Gasteiger partial charge in [-0.05, 0) is 41.0 Å². The van der Waals surface area contributed by atoms with Crippen molar-refractivity contribution in [3.8, 4) is 0 Å². The third kappa shape index (κ3) is 10.8. The highest BCUT2D eigenvalue weighted by molar-refractivity contribution is 5.84. The van der Waals surface area contributed by atoms with Gasteiger partial charge >= 0.3 is 11.9 Å². The summed E-state index contributed by atoms with van der Waals surface area (Å²) in [6.07, 6.45) is -0.238. The van der Waals surface area contributed by atoms with Crippen molar-refractivity contribution in [3.63, 3.8) is 0 Å². The van der Waals surface area contributed by atoms with Gasteiger partial charge in [-0.2, -0.15) is 0 Å². The maximum absolute atomic E-state index is 11.5. The molecule has 7 nitrogen and oxygen atoms in total. The number of ether oxygens (including phenoxy) is 2. The Kier molecular flexibility index (Phi) is 7.94. The second-order valence-electron chi connectivity index (χ2n) is 5.94. The number of rotatable bonds is 8. The Bertz CT molecular complexity index is 372. The van der Waals surface area contributed by atoms with Gasteiger partial charge in [0.25, 0.3) is 0 Å². The average Bonchev–Trinajstić information content (AvgIpc) is 2.29. The molecule has 122 valence electrons. The maximum Gasteiger partial charge on any atom is 0.326 e. The molecule has 0 saturated carbocycles. The minimum atomic E-state index is -1.20. The lowest BCUT2D eigenvalue weighted by molar-refractivity contribution is -0.155. The molecule has 0 aliphatic carbocycles. The summed E-state index contributed by atoms with van der Waals surface area (Å²) in [5, 5.41) is 11.4. The van der Waals surface area contributed by atoms with E-state index < -0.39 is 29.5 Å². The molecule has 0 radical (unpaired) electrons. The van der Waals surface area contributed by atoms with Gasteiger partial charge in [0.2, 0.25) is 5.91 Å². The number of hydrogen-bond donors (Lipinski definition) is 2. The van der Waals surface area contributed by atoms with Crippen LogP contribution in [0.2, 0.25) is 0 Å². The SMILES string of the molecule is CC(C)OCC(=O)N[C@H](CCC(=O)OC(C)(C)C)C(=O)O. The van der Waals surface area contributed by atoms with Gasteiger partial charge in [0.05, 0.1) is 6.10 Å². The van der Waals surface area contributed by atoms with E-state index in [0.717, 1.165) is 0 Å². The van der Waals surface area contributed by atoms with Crippen LogP contribution < -0.4 is 5.32 Å². The van der Waals surface area contributed by atoms with Gasteiger partial charge in [-0.3, -0.25) is 9.59 Å². The van der Waals surface area contributed by atoms with Crippen LogP contribution in [0.4, 0.5) is 0 Å². The molecule has 21 heavy (non-hydrogen) atoms. The van der Waals surface area contributed by atoms with Crippen molar-refractivity contribution in [1.82, 2.24) is 5.32 Å². The van der Waals surface area contributed by atoms with Crippen molar-refractivity contribution in [2.75, 3.05) is 6.61 Å². The Balaban J connectivity index is 4.29. The van der Waals surface area contributed by atoms with E-state index in [1.807, 2.05) is 0 Å². The second-order valence-corrected chi connectivity index (χ2v) is 5.94. The lowest BCUT2D eigenvalue weighted by Crippen LogP contribution is -2.43. The predicted octanol–water partition coefficient (Wildman–Crippen LogP) is 1.10. The normalized spacial score (nSPS) is 12.9. The number of nitrogens with one attached hydrogen (secondary N) is 1. The molecular weight excluding hydrogens is 278 g/mol. The van der Waals surface area contributed by atoms with Gasteiger partial charge in [0.15, 0.2) is 0 Å². The Morgan fingerprint density at radius 1 is 1.19 bits per heavy atom. The highest BCUT2D eigenvalue weighted by Gasteiger charge is 2.23. The second kappa shape index (κ2) is 8.61. The third-order valence-electron chi connectivity index (χ3n) is 2.24. The van der Waals surface area contributed by atoms with Crippen molar-refractivity contribution >= 4 is 17.8 Å². The molecule has 7 heteroatoms. The van der Waals surface area contributed by atoms with Crippen LogP contribution in [0.25, 0.3) is 0 Å². The molecule has 1 atom stereocenters. The molecule has 0 saturated heterocycles. The topological polar surface area (TPSA) is 102 Å². The van der Waals surface area contributed by atoms with Crippen LogP contribution in [0.15, 0.2) is 0 Å². The number of carbonyl (C=O) groups is 3. The molecule has 1 amide bonds. The highest BCUT2D eigenvalue weighted by atomic mass is 16.6. The number of amides is 1. The van der Waals surface area contributed by atoms with E-state index in [-0.39, 0.29) is 25.6 Å². The van der Waals surface area contributed by atoms with Crippen LogP contribution >= 0.6 is 0 Å². The van der Waals surface area contributed by atoms with Crippen molar-refractivity contribution in [2.24, 2.45) is 0 Å². The van der Waals surface area contributed by atoms with Gasteiger partial charge in [0.1, 0.15) is 18.2 Å². The fourth-order valence-electron chi connectivity index (χ4n) is 1.39. The number of carboxylic acids is 1. The molecule has 0 aliphatic rings. The fraction of sp³-hybridized carbons (Fsp3) is 0.786. The zero-order valence-electron chi connectivity index (χ0n) is 13.3. The Morgan fingerprint density at radius 3 is 2.19 bits per heavy atom. The van der Waals surface area contributed by atoms with Crippen molar-refractivity contribution in [2.45, 2.75) is 65.2 Å². The van der Waals surface area contributed by atoms with E-state index in [1.54, 1.807) is 34.6 Å². The maximum atomic E-state index is 11.5. The van der Waals surface area contributed by atoms with Crippen molar-refractivity contribution in [3.05, 3.63) is 0 Å². The largest absolute Gasteiger partial charge is 0.480 e. The van der Waals surface area contributed by atoms with Crippen LogP contribution in [0.1, 0.15) is 47.5 Å². The van der Waals surface area contributed by atoms with Gasteiger partial charge in [-0.25, -0.2) is 4.79 Å². The molecule has 0 rings (SSSR count). The molecule has 0 aromatic carbocycles. The zero-order chi connectivity index (χ0) is 16.6. The molecule has 2 N–H and O–H groups in total. The molecule has 0 aromatic rings. The summed E-state index contributed by atoms with van der Waals surface area (Å²) in [4.78, 5) is 34.1. The number of carbonyl (C=O) groups excluding carboxylic acids is 2. The number of aliphatic carboxylic acids is 1. The molecule has 0 heterocycles. The summed E-state index contributed by atoms with van der Waals surface area (Å²) in [6.45, 7) is 8.50. The molecule has 0 aliphatic heterocycles. The first-order valence-corrected chi connectivity index (χ1v) is 6.87. The van der Waals surface area contributed by atoms with E-state index in [2.05, 4.69) is 5.32 Å². The van der Waals surface area contributed by atoms with E-state index in [9.17, 15) is 14.4 Å². The summed E-state index contributed by atoms with van der Waals surface area (Å²) in [6, 6.07) is -1.14. The van der Waals surface area contributed by atoms with Crippen molar-refractivity contribution < 1.29 is 29.0 Å². The van der Waals surface area contributed by atoms with Gasteiger partial charge in [-0.1, -0.05) is 0 Å². The Hall–Kier alpha value is -1.63. The van der Waals surface area contributed by atoms with E-state index in [1.165, 1.54) is 0 Å². The third-order valence-corrected chi connectivity index (χ3v) is 2.24. The summed E-state index contributed by atoms with van der Waals surface area (Å²) >= 11 is 0. The smallest absolute Gasteiger partial charge is 0.326 e. The molecular formula is C14H25NO6. The average molecular weight is 303 g/mol. The molecule has 0 fully saturated rings. The van der Waals surface area contributed by atoms with Crippen molar-refractivity contribution in [1.29, 1.82) is 0 Å². The monoisotopic (exact) mass is 303 g/mol. The fourth-order valence-corrected chi connectivity index (χ4v) is 1.39. The first kappa shape index (κ1) is 19.4. The lowest BCUT2D eigenvalue weighted by atomic mass is 10.1. The predicted molar refractivity (Wildman–Crippen MR) is 75.7 cm³/mol. The van der Waals surface area contributed by atoms with Crippen LogP contribution in [0, 0.1) is 0 Å². The minimum absolute atomic E-state index is 0.0301. The van der Waals surface area contributed by atoms with Crippen LogP contribution in [0.3, 0.4) is 0 Å². The highest BCUT2D eigenvalue weighted by Crippen LogP contribution is 2.10. The molecule has 0 bridgehead atoms. The number of carboxylic acid groups (broad SMARTS) is 1. The first-order chi connectivity index (χ1) is 9.51.